The molecule has 0 aliphatic rings. The Bertz CT molecular complexity index is 790. The van der Waals surface area contributed by atoms with E-state index < -0.39 is 0 Å². The second kappa shape index (κ2) is 5.89. The van der Waals surface area contributed by atoms with Crippen molar-refractivity contribution in [1.82, 2.24) is 15.3 Å². The van der Waals surface area contributed by atoms with Gasteiger partial charge in [-0.1, -0.05) is 41.9 Å². The van der Waals surface area contributed by atoms with Gasteiger partial charge in [0.15, 0.2) is 0 Å². The zero-order valence-electron chi connectivity index (χ0n) is 11.1. The molecule has 104 valence electrons. The largest absolute Gasteiger partial charge is 0.345 e. The number of hydrogen-bond donors (Lipinski definition) is 1. The van der Waals surface area contributed by atoms with Gasteiger partial charge in [0.2, 0.25) is 0 Å². The topological polar surface area (TPSA) is 54.9 Å². The van der Waals surface area contributed by atoms with Crippen molar-refractivity contribution >= 4 is 28.3 Å². The molecule has 2 aromatic heterocycles. The summed E-state index contributed by atoms with van der Waals surface area (Å²) in [6, 6.07) is 14.8. The van der Waals surface area contributed by atoms with Gasteiger partial charge in [-0.05, 0) is 23.6 Å². The van der Waals surface area contributed by atoms with E-state index in [0.717, 1.165) is 16.5 Å². The summed E-state index contributed by atoms with van der Waals surface area (Å²) in [5, 5.41) is 4.84. The maximum atomic E-state index is 12.2. The Morgan fingerprint density at radius 3 is 2.76 bits per heavy atom. The van der Waals surface area contributed by atoms with Crippen LogP contribution in [0.4, 0.5) is 0 Å². The SMILES string of the molecule is O=C(NCc1ccccn1)c1cc2ccccc2c(Cl)n1. The van der Waals surface area contributed by atoms with Crippen molar-refractivity contribution in [2.24, 2.45) is 0 Å². The summed E-state index contributed by atoms with van der Waals surface area (Å²) in [5.74, 6) is -0.270. The lowest BCUT2D eigenvalue weighted by Gasteiger charge is -2.06. The number of fused-ring (bicyclic) bond motifs is 1. The second-order valence-corrected chi connectivity index (χ2v) is 4.88. The highest BCUT2D eigenvalue weighted by atomic mass is 35.5. The van der Waals surface area contributed by atoms with Crippen molar-refractivity contribution in [1.29, 1.82) is 0 Å². The van der Waals surface area contributed by atoms with Crippen LogP contribution in [0.1, 0.15) is 16.2 Å². The zero-order valence-corrected chi connectivity index (χ0v) is 11.8. The summed E-state index contributed by atoms with van der Waals surface area (Å²) < 4.78 is 0. The number of nitrogens with one attached hydrogen (secondary N) is 1. The first-order valence-corrected chi connectivity index (χ1v) is 6.85. The van der Waals surface area contributed by atoms with E-state index in [1.807, 2.05) is 42.5 Å². The van der Waals surface area contributed by atoms with Crippen molar-refractivity contribution < 1.29 is 4.79 Å². The molecular weight excluding hydrogens is 286 g/mol. The van der Waals surface area contributed by atoms with E-state index in [9.17, 15) is 4.79 Å². The van der Waals surface area contributed by atoms with Crippen LogP contribution in [0.25, 0.3) is 10.8 Å². The highest BCUT2D eigenvalue weighted by Crippen LogP contribution is 2.22. The molecule has 21 heavy (non-hydrogen) atoms. The average Bonchev–Trinajstić information content (AvgIpc) is 2.53. The van der Waals surface area contributed by atoms with Crippen LogP contribution in [-0.2, 0) is 6.54 Å². The molecule has 1 N–H and O–H groups in total. The number of rotatable bonds is 3. The Morgan fingerprint density at radius 1 is 1.14 bits per heavy atom. The normalized spacial score (nSPS) is 10.5. The van der Waals surface area contributed by atoms with Crippen molar-refractivity contribution in [2.45, 2.75) is 6.54 Å². The van der Waals surface area contributed by atoms with Crippen LogP contribution >= 0.6 is 11.6 Å². The molecule has 1 amide bonds. The van der Waals surface area contributed by atoms with Gasteiger partial charge in [0.05, 0.1) is 12.2 Å². The molecule has 0 unspecified atom stereocenters. The van der Waals surface area contributed by atoms with E-state index in [1.165, 1.54) is 0 Å². The fourth-order valence-corrected chi connectivity index (χ4v) is 2.30. The molecule has 0 spiro atoms. The smallest absolute Gasteiger partial charge is 0.270 e. The van der Waals surface area contributed by atoms with Gasteiger partial charge >= 0.3 is 0 Å². The summed E-state index contributed by atoms with van der Waals surface area (Å²) >= 11 is 6.12. The highest BCUT2D eigenvalue weighted by Gasteiger charge is 2.11. The van der Waals surface area contributed by atoms with E-state index in [2.05, 4.69) is 15.3 Å². The standard InChI is InChI=1S/C16H12ClN3O/c17-15-13-7-2-1-5-11(13)9-14(20-15)16(21)19-10-12-6-3-4-8-18-12/h1-9H,10H2,(H,19,21). The van der Waals surface area contributed by atoms with Gasteiger partial charge in [0.25, 0.3) is 5.91 Å². The van der Waals surface area contributed by atoms with Crippen LogP contribution in [0, 0.1) is 0 Å². The first-order valence-electron chi connectivity index (χ1n) is 6.47. The van der Waals surface area contributed by atoms with E-state index in [4.69, 9.17) is 11.6 Å². The zero-order chi connectivity index (χ0) is 14.7. The molecule has 0 aliphatic heterocycles. The molecule has 5 heteroatoms. The lowest BCUT2D eigenvalue weighted by Crippen LogP contribution is -2.24. The van der Waals surface area contributed by atoms with Crippen LogP contribution in [0.15, 0.2) is 54.7 Å². The number of amides is 1. The second-order valence-electron chi connectivity index (χ2n) is 4.52. The number of carbonyl (C=O) groups is 1. The molecule has 0 atom stereocenters. The number of carbonyl (C=O) groups excluding carboxylic acids is 1. The maximum absolute atomic E-state index is 12.2. The molecule has 0 radical (unpaired) electrons. The molecule has 4 nitrogen and oxygen atoms in total. The summed E-state index contributed by atoms with van der Waals surface area (Å²) in [7, 11) is 0. The van der Waals surface area contributed by atoms with Crippen molar-refractivity contribution in [3.05, 3.63) is 71.3 Å². The number of benzene rings is 1. The van der Waals surface area contributed by atoms with Gasteiger partial charge in [-0.15, -0.1) is 0 Å². The first-order chi connectivity index (χ1) is 10.2. The molecule has 0 bridgehead atoms. The number of aromatic nitrogens is 2. The summed E-state index contributed by atoms with van der Waals surface area (Å²) in [6.07, 6.45) is 1.69. The predicted molar refractivity (Wildman–Crippen MR) is 82.2 cm³/mol. The highest BCUT2D eigenvalue weighted by molar-refractivity contribution is 6.34. The first kappa shape index (κ1) is 13.5. The number of halogens is 1. The van der Waals surface area contributed by atoms with Gasteiger partial charge in [-0.3, -0.25) is 9.78 Å². The fourth-order valence-electron chi connectivity index (χ4n) is 2.04. The molecule has 0 saturated heterocycles. The lowest BCUT2D eigenvalue weighted by atomic mass is 10.1. The van der Waals surface area contributed by atoms with Crippen molar-refractivity contribution in [3.63, 3.8) is 0 Å². The average molecular weight is 298 g/mol. The summed E-state index contributed by atoms with van der Waals surface area (Å²) in [5.41, 5.74) is 1.09. The van der Waals surface area contributed by atoms with Crippen LogP contribution in [0.5, 0.6) is 0 Å². The van der Waals surface area contributed by atoms with Crippen molar-refractivity contribution in [2.75, 3.05) is 0 Å². The van der Waals surface area contributed by atoms with E-state index in [-0.39, 0.29) is 5.91 Å². The number of hydrogen-bond acceptors (Lipinski definition) is 3. The quantitative estimate of drug-likeness (QED) is 0.755. The number of nitrogens with zero attached hydrogens (tertiary/aromatic N) is 2. The Balaban J connectivity index is 1.81. The Labute approximate surface area is 126 Å². The molecule has 2 heterocycles. The van der Waals surface area contributed by atoms with E-state index in [0.29, 0.717) is 17.4 Å². The van der Waals surface area contributed by atoms with Crippen molar-refractivity contribution in [3.8, 4) is 0 Å². The minimum absolute atomic E-state index is 0.270. The van der Waals surface area contributed by atoms with Gasteiger partial charge in [0, 0.05) is 11.6 Å². The summed E-state index contributed by atoms with van der Waals surface area (Å²) in [4.78, 5) is 20.5. The molecule has 3 rings (SSSR count). The van der Waals surface area contributed by atoms with Gasteiger partial charge in [-0.2, -0.15) is 0 Å². The maximum Gasteiger partial charge on any atom is 0.270 e. The lowest BCUT2D eigenvalue weighted by molar-refractivity contribution is 0.0945. The van der Waals surface area contributed by atoms with E-state index >= 15 is 0 Å². The fraction of sp³-hybridized carbons (Fsp3) is 0.0625. The molecule has 0 aliphatic carbocycles. The third-order valence-corrected chi connectivity index (χ3v) is 3.37. The third kappa shape index (κ3) is 3.01. The predicted octanol–water partition coefficient (Wildman–Crippen LogP) is 3.21. The molecule has 3 aromatic rings. The van der Waals surface area contributed by atoms with Gasteiger partial charge in [0.1, 0.15) is 10.8 Å². The van der Waals surface area contributed by atoms with Crippen LogP contribution in [0.3, 0.4) is 0 Å². The number of pyridine rings is 2. The molecule has 1 aromatic carbocycles. The minimum Gasteiger partial charge on any atom is -0.345 e. The Kier molecular flexibility index (Phi) is 3.79. The molecule has 0 saturated carbocycles. The van der Waals surface area contributed by atoms with E-state index in [1.54, 1.807) is 12.3 Å². The summed E-state index contributed by atoms with van der Waals surface area (Å²) in [6.45, 7) is 0.353. The third-order valence-electron chi connectivity index (χ3n) is 3.08. The van der Waals surface area contributed by atoms with Crippen LogP contribution < -0.4 is 5.32 Å². The molecular formula is C16H12ClN3O. The van der Waals surface area contributed by atoms with Crippen LogP contribution in [0.2, 0.25) is 5.15 Å². The monoisotopic (exact) mass is 297 g/mol. The Morgan fingerprint density at radius 2 is 1.95 bits per heavy atom. The minimum atomic E-state index is -0.270. The van der Waals surface area contributed by atoms with Gasteiger partial charge in [-0.25, -0.2) is 4.98 Å². The van der Waals surface area contributed by atoms with Crippen LogP contribution in [-0.4, -0.2) is 15.9 Å². The Hall–Kier alpha value is -2.46. The van der Waals surface area contributed by atoms with Gasteiger partial charge < -0.3 is 5.32 Å². The molecule has 0 fully saturated rings.